The van der Waals surface area contributed by atoms with Gasteiger partial charge >= 0.3 is 5.97 Å². The smallest absolute Gasteiger partial charge is 0.338 e. The van der Waals surface area contributed by atoms with Gasteiger partial charge in [0.2, 0.25) is 15.8 Å². The number of pyridine rings is 1. The number of esters is 1. The Morgan fingerprint density at radius 1 is 1.23 bits per heavy atom. The number of aromatic nitrogens is 3. The maximum absolute atomic E-state index is 12.4. The van der Waals surface area contributed by atoms with Gasteiger partial charge in [0.1, 0.15) is 0 Å². The van der Waals surface area contributed by atoms with Crippen LogP contribution in [-0.2, 0) is 26.1 Å². The van der Waals surface area contributed by atoms with Crippen molar-refractivity contribution in [3.05, 3.63) is 60.2 Å². The lowest BCUT2D eigenvalue weighted by atomic mass is 10.2. The van der Waals surface area contributed by atoms with Crippen LogP contribution in [0.15, 0.2) is 58.2 Å². The largest absolute Gasteiger partial charge is 0.452 e. The molecule has 10 nitrogen and oxygen atoms in total. The topological polar surface area (TPSA) is 134 Å². The normalized spacial score (nSPS) is 16.3. The highest BCUT2D eigenvalue weighted by atomic mass is 32.2. The van der Waals surface area contributed by atoms with Crippen LogP contribution in [0, 0.1) is 0 Å². The molecule has 3 heterocycles. The lowest BCUT2D eigenvalue weighted by Gasteiger charge is -2.11. The van der Waals surface area contributed by atoms with Gasteiger partial charge in [-0.3, -0.25) is 4.98 Å². The SMILES string of the molecule is O=C(OCc1nc(-c2cccnc2)no1)c1ccc(S(=O)(=O)NCC2CCCO2)cc1. The minimum absolute atomic E-state index is 0.0556. The Balaban J connectivity index is 1.32. The highest BCUT2D eigenvalue weighted by Gasteiger charge is 2.21. The maximum Gasteiger partial charge on any atom is 0.338 e. The molecule has 31 heavy (non-hydrogen) atoms. The van der Waals surface area contributed by atoms with Crippen LogP contribution in [-0.4, -0.2) is 48.8 Å². The summed E-state index contributed by atoms with van der Waals surface area (Å²) in [7, 11) is -3.69. The van der Waals surface area contributed by atoms with Gasteiger partial charge in [-0.05, 0) is 49.2 Å². The highest BCUT2D eigenvalue weighted by molar-refractivity contribution is 7.89. The van der Waals surface area contributed by atoms with Crippen molar-refractivity contribution >= 4 is 16.0 Å². The third kappa shape index (κ3) is 5.32. The first-order valence-electron chi connectivity index (χ1n) is 9.63. The average molecular weight is 444 g/mol. The zero-order valence-corrected chi connectivity index (χ0v) is 17.2. The van der Waals surface area contributed by atoms with Crippen molar-refractivity contribution in [1.82, 2.24) is 19.8 Å². The van der Waals surface area contributed by atoms with Crippen LogP contribution >= 0.6 is 0 Å². The van der Waals surface area contributed by atoms with Crippen LogP contribution in [0.2, 0.25) is 0 Å². The number of hydrogen-bond acceptors (Lipinski definition) is 9. The Labute approximate surface area is 178 Å². The number of carbonyl (C=O) groups is 1. The molecule has 11 heteroatoms. The molecule has 1 saturated heterocycles. The van der Waals surface area contributed by atoms with E-state index < -0.39 is 16.0 Å². The van der Waals surface area contributed by atoms with Crippen LogP contribution in [0.25, 0.3) is 11.4 Å². The predicted octanol–water partition coefficient (Wildman–Crippen LogP) is 1.95. The van der Waals surface area contributed by atoms with E-state index in [1.807, 2.05) is 0 Å². The molecule has 0 aliphatic carbocycles. The number of nitrogens with one attached hydrogen (secondary N) is 1. The van der Waals surface area contributed by atoms with Crippen molar-refractivity contribution in [2.75, 3.05) is 13.2 Å². The molecule has 1 atom stereocenters. The van der Waals surface area contributed by atoms with E-state index in [1.165, 1.54) is 24.3 Å². The first-order chi connectivity index (χ1) is 15.0. The molecule has 1 unspecified atom stereocenters. The van der Waals surface area contributed by atoms with Gasteiger partial charge in [0.25, 0.3) is 5.89 Å². The van der Waals surface area contributed by atoms with E-state index in [2.05, 4.69) is 19.8 Å². The second-order valence-electron chi connectivity index (χ2n) is 6.84. The Bertz CT molecular complexity index is 1130. The summed E-state index contributed by atoms with van der Waals surface area (Å²) in [5.41, 5.74) is 0.874. The van der Waals surface area contributed by atoms with Gasteiger partial charge in [0.15, 0.2) is 6.61 Å². The van der Waals surface area contributed by atoms with Crippen molar-refractivity contribution in [1.29, 1.82) is 0 Å². The first-order valence-corrected chi connectivity index (χ1v) is 11.1. The number of ether oxygens (including phenoxy) is 2. The summed E-state index contributed by atoms with van der Waals surface area (Å²) in [6, 6.07) is 8.99. The molecule has 0 spiro atoms. The molecular formula is C20H20N4O6S. The number of carbonyl (C=O) groups excluding carboxylic acids is 1. The van der Waals surface area contributed by atoms with Gasteiger partial charge < -0.3 is 14.0 Å². The van der Waals surface area contributed by atoms with Crippen LogP contribution < -0.4 is 4.72 Å². The van der Waals surface area contributed by atoms with E-state index in [9.17, 15) is 13.2 Å². The predicted molar refractivity (Wildman–Crippen MR) is 107 cm³/mol. The lowest BCUT2D eigenvalue weighted by Crippen LogP contribution is -2.31. The first kappa shape index (κ1) is 21.1. The fourth-order valence-electron chi connectivity index (χ4n) is 3.00. The molecule has 1 aliphatic rings. The molecule has 0 bridgehead atoms. The van der Waals surface area contributed by atoms with Crippen molar-refractivity contribution in [3.8, 4) is 11.4 Å². The van der Waals surface area contributed by atoms with Crippen molar-refractivity contribution in [2.24, 2.45) is 0 Å². The van der Waals surface area contributed by atoms with Gasteiger partial charge in [-0.25, -0.2) is 17.9 Å². The molecule has 1 aromatic carbocycles. The fourth-order valence-corrected chi connectivity index (χ4v) is 4.06. The molecule has 1 N–H and O–H groups in total. The van der Waals surface area contributed by atoms with E-state index in [1.54, 1.807) is 24.5 Å². The Hall–Kier alpha value is -3.15. The summed E-state index contributed by atoms with van der Waals surface area (Å²) < 4.78 is 43.0. The summed E-state index contributed by atoms with van der Waals surface area (Å²) in [6.45, 7) is 0.657. The second kappa shape index (κ2) is 9.33. The zero-order valence-electron chi connectivity index (χ0n) is 16.4. The molecular weight excluding hydrogens is 424 g/mol. The number of sulfonamides is 1. The number of nitrogens with zero attached hydrogens (tertiary/aromatic N) is 3. The van der Waals surface area contributed by atoms with Gasteiger partial charge in [0.05, 0.1) is 16.6 Å². The molecule has 1 aliphatic heterocycles. The third-order valence-corrected chi connectivity index (χ3v) is 6.08. The average Bonchev–Trinajstić information content (AvgIpc) is 3.49. The van der Waals surface area contributed by atoms with Gasteiger partial charge in [-0.1, -0.05) is 5.16 Å². The van der Waals surface area contributed by atoms with E-state index in [0.29, 0.717) is 18.0 Å². The van der Waals surface area contributed by atoms with E-state index in [0.717, 1.165) is 12.8 Å². The van der Waals surface area contributed by atoms with Crippen LogP contribution in [0.3, 0.4) is 0 Å². The second-order valence-corrected chi connectivity index (χ2v) is 8.61. The molecule has 3 aromatic rings. The third-order valence-electron chi connectivity index (χ3n) is 4.64. The van der Waals surface area contributed by atoms with E-state index >= 15 is 0 Å². The summed E-state index contributed by atoms with van der Waals surface area (Å²) in [5.74, 6) is -0.175. The zero-order chi connectivity index (χ0) is 21.7. The quantitative estimate of drug-likeness (QED) is 0.517. The highest BCUT2D eigenvalue weighted by Crippen LogP contribution is 2.16. The van der Waals surface area contributed by atoms with Gasteiger partial charge in [-0.15, -0.1) is 0 Å². The molecule has 1 fully saturated rings. The van der Waals surface area contributed by atoms with Gasteiger partial charge in [0, 0.05) is 31.1 Å². The Morgan fingerprint density at radius 2 is 2.06 bits per heavy atom. The number of benzene rings is 1. The molecule has 0 saturated carbocycles. The summed E-state index contributed by atoms with van der Waals surface area (Å²) in [5, 5.41) is 3.82. The number of hydrogen-bond donors (Lipinski definition) is 1. The summed E-state index contributed by atoms with van der Waals surface area (Å²) >= 11 is 0. The lowest BCUT2D eigenvalue weighted by molar-refractivity contribution is 0.0429. The van der Waals surface area contributed by atoms with Crippen molar-refractivity contribution in [2.45, 2.75) is 30.4 Å². The van der Waals surface area contributed by atoms with Crippen molar-refractivity contribution < 1.29 is 27.2 Å². The molecule has 0 radical (unpaired) electrons. The van der Waals surface area contributed by atoms with Crippen LogP contribution in [0.5, 0.6) is 0 Å². The fraction of sp³-hybridized carbons (Fsp3) is 0.300. The summed E-state index contributed by atoms with van der Waals surface area (Å²) in [4.78, 5) is 20.4. The minimum atomic E-state index is -3.69. The van der Waals surface area contributed by atoms with E-state index in [-0.39, 0.29) is 35.6 Å². The Kier molecular flexibility index (Phi) is 6.35. The summed E-state index contributed by atoms with van der Waals surface area (Å²) in [6.07, 6.45) is 4.87. The van der Waals surface area contributed by atoms with E-state index in [4.69, 9.17) is 14.0 Å². The van der Waals surface area contributed by atoms with Gasteiger partial charge in [-0.2, -0.15) is 4.98 Å². The molecule has 0 amide bonds. The standard InChI is InChI=1S/C20H20N4O6S/c25-20(29-13-18-23-19(24-30-18)15-3-1-9-21-11-15)14-5-7-17(8-6-14)31(26,27)22-12-16-4-2-10-28-16/h1,3,5-9,11,16,22H,2,4,10,12-13H2. The molecule has 4 rings (SSSR count). The van der Waals surface area contributed by atoms with Crippen LogP contribution in [0.1, 0.15) is 29.1 Å². The molecule has 162 valence electrons. The minimum Gasteiger partial charge on any atom is -0.452 e. The van der Waals surface area contributed by atoms with Crippen molar-refractivity contribution in [3.63, 3.8) is 0 Å². The number of rotatable bonds is 8. The monoisotopic (exact) mass is 444 g/mol. The van der Waals surface area contributed by atoms with Crippen LogP contribution in [0.4, 0.5) is 0 Å². The maximum atomic E-state index is 12.4. The molecule has 2 aromatic heterocycles. The Morgan fingerprint density at radius 3 is 2.77 bits per heavy atom.